The fraction of sp³-hybridized carbons (Fsp3) is 0.0769. The molecule has 4 nitrogen and oxygen atoms in total. The number of benzene rings is 2. The first-order chi connectivity index (χ1) is 8.65. The van der Waals surface area contributed by atoms with Gasteiger partial charge in [-0.25, -0.2) is 0 Å². The van der Waals surface area contributed by atoms with Gasteiger partial charge in [-0.05, 0) is 36.8 Å². The summed E-state index contributed by atoms with van der Waals surface area (Å²) < 4.78 is 0. The largest absolute Gasteiger partial charge is 0.506 e. The number of phenolic OH excluding ortho intramolecular Hbond substituents is 1. The fourth-order valence-electron chi connectivity index (χ4n) is 1.78. The molecule has 0 spiro atoms. The molecule has 0 radical (unpaired) electrons. The first kappa shape index (κ1) is 11.0. The highest BCUT2D eigenvalue weighted by atomic mass is 35.5. The van der Waals surface area contributed by atoms with E-state index < -0.39 is 0 Å². The normalized spacial score (nSPS) is 11.0. The van der Waals surface area contributed by atoms with Crippen molar-refractivity contribution in [3.63, 3.8) is 0 Å². The molecule has 0 fully saturated rings. The van der Waals surface area contributed by atoms with Gasteiger partial charge < -0.3 is 5.11 Å². The van der Waals surface area contributed by atoms with Crippen molar-refractivity contribution in [3.05, 3.63) is 47.0 Å². The Kier molecular flexibility index (Phi) is 2.45. The summed E-state index contributed by atoms with van der Waals surface area (Å²) >= 11 is 6.05. The van der Waals surface area contributed by atoms with Crippen LogP contribution >= 0.6 is 11.6 Å². The number of aromatic nitrogens is 3. The maximum atomic E-state index is 9.93. The lowest BCUT2D eigenvalue weighted by atomic mass is 10.2. The molecule has 0 saturated carbocycles. The van der Waals surface area contributed by atoms with E-state index in [4.69, 9.17) is 11.6 Å². The van der Waals surface area contributed by atoms with Crippen LogP contribution in [0.25, 0.3) is 16.7 Å². The van der Waals surface area contributed by atoms with E-state index in [9.17, 15) is 5.11 Å². The lowest BCUT2D eigenvalue weighted by molar-refractivity contribution is 0.467. The molecule has 90 valence electrons. The molecule has 3 aromatic rings. The Bertz CT molecular complexity index is 703. The van der Waals surface area contributed by atoms with Gasteiger partial charge in [0, 0.05) is 5.02 Å². The van der Waals surface area contributed by atoms with E-state index in [1.807, 2.05) is 31.2 Å². The molecule has 0 aliphatic carbocycles. The third-order valence-corrected chi connectivity index (χ3v) is 3.17. The Morgan fingerprint density at radius 2 is 1.72 bits per heavy atom. The Hall–Kier alpha value is -2.07. The zero-order valence-corrected chi connectivity index (χ0v) is 10.4. The molecule has 1 heterocycles. The van der Waals surface area contributed by atoms with Crippen LogP contribution in [0.3, 0.4) is 0 Å². The Balaban J connectivity index is 2.22. The number of hydrogen-bond donors (Lipinski definition) is 1. The highest BCUT2D eigenvalue weighted by molar-refractivity contribution is 6.31. The van der Waals surface area contributed by atoms with E-state index in [0.29, 0.717) is 10.7 Å². The predicted molar refractivity (Wildman–Crippen MR) is 70.3 cm³/mol. The van der Waals surface area contributed by atoms with Crippen LogP contribution in [-0.4, -0.2) is 20.1 Å². The SMILES string of the molecule is Cc1cc(O)c(-n2nc3ccccc3n2)cc1Cl. The third-order valence-electron chi connectivity index (χ3n) is 2.76. The average Bonchev–Trinajstić information content (AvgIpc) is 2.77. The number of halogens is 1. The van der Waals surface area contributed by atoms with Gasteiger partial charge in [-0.3, -0.25) is 0 Å². The van der Waals surface area contributed by atoms with Gasteiger partial charge in [-0.2, -0.15) is 0 Å². The number of hydrogen-bond acceptors (Lipinski definition) is 3. The van der Waals surface area contributed by atoms with Gasteiger partial charge in [0.15, 0.2) is 0 Å². The maximum Gasteiger partial charge on any atom is 0.143 e. The van der Waals surface area contributed by atoms with Gasteiger partial charge in [0.05, 0.1) is 0 Å². The minimum absolute atomic E-state index is 0.109. The molecular formula is C13H10ClN3O. The van der Waals surface area contributed by atoms with E-state index in [2.05, 4.69) is 10.2 Å². The number of nitrogens with zero attached hydrogens (tertiary/aromatic N) is 3. The highest BCUT2D eigenvalue weighted by Crippen LogP contribution is 2.28. The lowest BCUT2D eigenvalue weighted by Gasteiger charge is -2.05. The number of aryl methyl sites for hydroxylation is 1. The summed E-state index contributed by atoms with van der Waals surface area (Å²) in [5, 5.41) is 19.1. The lowest BCUT2D eigenvalue weighted by Crippen LogP contribution is -1.99. The van der Waals surface area contributed by atoms with Crippen LogP contribution in [0.15, 0.2) is 36.4 Å². The molecule has 1 N–H and O–H groups in total. The van der Waals surface area contributed by atoms with Gasteiger partial charge >= 0.3 is 0 Å². The molecule has 0 amide bonds. The van der Waals surface area contributed by atoms with Crippen molar-refractivity contribution < 1.29 is 5.11 Å². The molecule has 0 saturated heterocycles. The minimum Gasteiger partial charge on any atom is -0.506 e. The highest BCUT2D eigenvalue weighted by Gasteiger charge is 2.10. The van der Waals surface area contributed by atoms with Crippen LogP contribution in [0, 0.1) is 6.92 Å². The first-order valence-corrected chi connectivity index (χ1v) is 5.84. The topological polar surface area (TPSA) is 50.9 Å². The van der Waals surface area contributed by atoms with Crippen LogP contribution in [-0.2, 0) is 0 Å². The zero-order chi connectivity index (χ0) is 12.7. The summed E-state index contributed by atoms with van der Waals surface area (Å²) in [6, 6.07) is 10.8. The average molecular weight is 260 g/mol. The van der Waals surface area contributed by atoms with Crippen molar-refractivity contribution >= 4 is 22.6 Å². The number of fused-ring (bicyclic) bond motifs is 1. The summed E-state index contributed by atoms with van der Waals surface area (Å²) in [6.45, 7) is 1.83. The van der Waals surface area contributed by atoms with E-state index >= 15 is 0 Å². The van der Waals surface area contributed by atoms with E-state index in [-0.39, 0.29) is 5.75 Å². The molecule has 1 aromatic heterocycles. The van der Waals surface area contributed by atoms with Crippen molar-refractivity contribution in [2.24, 2.45) is 0 Å². The summed E-state index contributed by atoms with van der Waals surface area (Å²) in [5.74, 6) is 0.109. The van der Waals surface area contributed by atoms with Crippen LogP contribution in [0.1, 0.15) is 5.56 Å². The Morgan fingerprint density at radius 1 is 1.11 bits per heavy atom. The van der Waals surface area contributed by atoms with Gasteiger partial charge in [-0.15, -0.1) is 15.0 Å². The molecule has 2 aromatic carbocycles. The molecule has 0 bridgehead atoms. The Labute approximate surface area is 108 Å². The monoisotopic (exact) mass is 259 g/mol. The predicted octanol–water partition coefficient (Wildman–Crippen LogP) is 3.09. The summed E-state index contributed by atoms with van der Waals surface area (Å²) in [5.41, 5.74) is 2.83. The standard InChI is InChI=1S/C13H10ClN3O/c1-8-6-13(18)12(7-9(8)14)17-15-10-4-2-3-5-11(10)16-17/h2-7,18H,1H3. The molecular weight excluding hydrogens is 250 g/mol. The summed E-state index contributed by atoms with van der Waals surface area (Å²) in [4.78, 5) is 1.39. The molecule has 5 heteroatoms. The van der Waals surface area contributed by atoms with Crippen molar-refractivity contribution in [2.75, 3.05) is 0 Å². The molecule has 0 aliphatic heterocycles. The van der Waals surface area contributed by atoms with Crippen LogP contribution in [0.4, 0.5) is 0 Å². The van der Waals surface area contributed by atoms with E-state index in [1.54, 1.807) is 12.1 Å². The number of aromatic hydroxyl groups is 1. The number of phenols is 1. The van der Waals surface area contributed by atoms with Crippen molar-refractivity contribution in [3.8, 4) is 11.4 Å². The summed E-state index contributed by atoms with van der Waals surface area (Å²) in [6.07, 6.45) is 0. The first-order valence-electron chi connectivity index (χ1n) is 5.47. The van der Waals surface area contributed by atoms with Gasteiger partial charge in [0.25, 0.3) is 0 Å². The van der Waals surface area contributed by atoms with E-state index in [1.165, 1.54) is 4.80 Å². The molecule has 0 aliphatic rings. The van der Waals surface area contributed by atoms with Crippen molar-refractivity contribution in [1.29, 1.82) is 0 Å². The smallest absolute Gasteiger partial charge is 0.143 e. The molecule has 3 rings (SSSR count). The van der Waals surface area contributed by atoms with Gasteiger partial charge in [0.1, 0.15) is 22.5 Å². The second kappa shape index (κ2) is 3.99. The molecule has 0 unspecified atom stereocenters. The second-order valence-corrected chi connectivity index (χ2v) is 4.48. The second-order valence-electron chi connectivity index (χ2n) is 4.07. The van der Waals surface area contributed by atoms with Gasteiger partial charge in [0.2, 0.25) is 0 Å². The zero-order valence-electron chi connectivity index (χ0n) is 9.63. The third kappa shape index (κ3) is 1.71. The quantitative estimate of drug-likeness (QED) is 0.731. The van der Waals surface area contributed by atoms with Crippen LogP contribution in [0.2, 0.25) is 5.02 Å². The number of rotatable bonds is 1. The van der Waals surface area contributed by atoms with Gasteiger partial charge in [-0.1, -0.05) is 23.7 Å². The van der Waals surface area contributed by atoms with Crippen LogP contribution in [0.5, 0.6) is 5.75 Å². The van der Waals surface area contributed by atoms with E-state index in [0.717, 1.165) is 16.6 Å². The van der Waals surface area contributed by atoms with Crippen LogP contribution < -0.4 is 0 Å². The molecule has 18 heavy (non-hydrogen) atoms. The van der Waals surface area contributed by atoms with Crippen molar-refractivity contribution in [2.45, 2.75) is 6.92 Å². The summed E-state index contributed by atoms with van der Waals surface area (Å²) in [7, 11) is 0. The minimum atomic E-state index is 0.109. The molecule has 0 atom stereocenters. The van der Waals surface area contributed by atoms with Crippen molar-refractivity contribution in [1.82, 2.24) is 15.0 Å². The Morgan fingerprint density at radius 3 is 2.33 bits per heavy atom. The fourth-order valence-corrected chi connectivity index (χ4v) is 1.94. The maximum absolute atomic E-state index is 9.93.